The van der Waals surface area contributed by atoms with Gasteiger partial charge in [-0.3, -0.25) is 14.2 Å². The molecule has 1 aliphatic rings. The second-order valence-electron chi connectivity index (χ2n) is 8.45. The maximum Gasteiger partial charge on any atom is 0.337 e. The number of nitrogens with one attached hydrogen (secondary N) is 1. The van der Waals surface area contributed by atoms with E-state index in [4.69, 9.17) is 9.47 Å². The molecule has 0 aliphatic carbocycles. The van der Waals surface area contributed by atoms with Crippen molar-refractivity contribution in [1.29, 1.82) is 0 Å². The number of ether oxygens (including phenoxy) is 2. The van der Waals surface area contributed by atoms with Gasteiger partial charge in [0.15, 0.2) is 5.16 Å². The van der Waals surface area contributed by atoms with Crippen LogP contribution in [-0.4, -0.2) is 47.0 Å². The molecule has 1 aliphatic heterocycles. The quantitative estimate of drug-likeness (QED) is 0.272. The Balaban J connectivity index is 1.57. The van der Waals surface area contributed by atoms with E-state index in [1.807, 2.05) is 24.3 Å². The van der Waals surface area contributed by atoms with Crippen LogP contribution in [0.3, 0.4) is 0 Å². The number of anilines is 1. The summed E-state index contributed by atoms with van der Waals surface area (Å²) in [6.45, 7) is 3.16. The number of hydrogen-bond donors (Lipinski definition) is 1. The third-order valence-electron chi connectivity index (χ3n) is 5.86. The number of aryl methyl sites for hydroxylation is 1. The zero-order valence-corrected chi connectivity index (χ0v) is 20.7. The predicted octanol–water partition coefficient (Wildman–Crippen LogP) is 4.05. The molecule has 3 aromatic rings. The van der Waals surface area contributed by atoms with Crippen molar-refractivity contribution in [3.8, 4) is 0 Å². The monoisotopic (exact) mass is 495 g/mol. The van der Waals surface area contributed by atoms with Crippen LogP contribution in [0, 0.1) is 0 Å². The van der Waals surface area contributed by atoms with Crippen molar-refractivity contribution < 1.29 is 19.1 Å². The van der Waals surface area contributed by atoms with Gasteiger partial charge in [0, 0.05) is 12.3 Å². The van der Waals surface area contributed by atoms with Gasteiger partial charge in [-0.05, 0) is 55.2 Å². The highest BCUT2D eigenvalue weighted by Gasteiger charge is 2.21. The Labute approximate surface area is 208 Å². The van der Waals surface area contributed by atoms with Gasteiger partial charge < -0.3 is 14.8 Å². The molecule has 1 saturated heterocycles. The minimum atomic E-state index is -0.504. The van der Waals surface area contributed by atoms with Crippen LogP contribution >= 0.6 is 11.8 Å². The average Bonchev–Trinajstić information content (AvgIpc) is 3.38. The van der Waals surface area contributed by atoms with Crippen LogP contribution in [0.1, 0.15) is 42.1 Å². The SMILES string of the molecule is CCCc1ccc(NC(=O)CSc2nc3cc(C(=O)OC)ccc3c(=O)n2C[C@@H]2CCCO2)cc1. The van der Waals surface area contributed by atoms with Crippen LogP contribution in [0.5, 0.6) is 0 Å². The molecule has 4 rings (SSSR count). The van der Waals surface area contributed by atoms with E-state index in [0.29, 0.717) is 34.8 Å². The van der Waals surface area contributed by atoms with Crippen molar-refractivity contribution in [2.75, 3.05) is 24.8 Å². The lowest BCUT2D eigenvalue weighted by Gasteiger charge is -2.16. The molecule has 0 spiro atoms. The van der Waals surface area contributed by atoms with Crippen molar-refractivity contribution in [2.24, 2.45) is 0 Å². The number of carbonyl (C=O) groups excluding carboxylic acids is 2. The van der Waals surface area contributed by atoms with Crippen molar-refractivity contribution in [1.82, 2.24) is 9.55 Å². The molecule has 1 fully saturated rings. The van der Waals surface area contributed by atoms with Gasteiger partial charge >= 0.3 is 5.97 Å². The minimum absolute atomic E-state index is 0.0731. The van der Waals surface area contributed by atoms with Gasteiger partial charge in [0.25, 0.3) is 5.56 Å². The molecule has 8 nitrogen and oxygen atoms in total. The molecule has 184 valence electrons. The van der Waals surface area contributed by atoms with Crippen LogP contribution in [0.2, 0.25) is 0 Å². The lowest BCUT2D eigenvalue weighted by molar-refractivity contribution is -0.113. The number of aromatic nitrogens is 2. The maximum absolute atomic E-state index is 13.3. The fourth-order valence-electron chi connectivity index (χ4n) is 4.08. The summed E-state index contributed by atoms with van der Waals surface area (Å²) >= 11 is 1.19. The zero-order chi connectivity index (χ0) is 24.8. The van der Waals surface area contributed by atoms with E-state index in [2.05, 4.69) is 17.2 Å². The fraction of sp³-hybridized carbons (Fsp3) is 0.385. The summed E-state index contributed by atoms with van der Waals surface area (Å²) in [6, 6.07) is 12.5. The first-order chi connectivity index (χ1) is 17.0. The van der Waals surface area contributed by atoms with E-state index in [9.17, 15) is 14.4 Å². The van der Waals surface area contributed by atoms with Crippen LogP contribution in [0.15, 0.2) is 52.4 Å². The molecular weight excluding hydrogens is 466 g/mol. The Bertz CT molecular complexity index is 1270. The third kappa shape index (κ3) is 6.10. The highest BCUT2D eigenvalue weighted by atomic mass is 32.2. The minimum Gasteiger partial charge on any atom is -0.465 e. The first-order valence-corrected chi connectivity index (χ1v) is 12.7. The molecule has 2 aromatic carbocycles. The van der Waals surface area contributed by atoms with Gasteiger partial charge in [-0.2, -0.15) is 0 Å². The van der Waals surface area contributed by atoms with E-state index >= 15 is 0 Å². The van der Waals surface area contributed by atoms with Gasteiger partial charge in [0.2, 0.25) is 5.91 Å². The zero-order valence-electron chi connectivity index (χ0n) is 19.9. The highest BCUT2D eigenvalue weighted by Crippen LogP contribution is 2.22. The van der Waals surface area contributed by atoms with Gasteiger partial charge in [-0.25, -0.2) is 9.78 Å². The van der Waals surface area contributed by atoms with E-state index < -0.39 is 5.97 Å². The van der Waals surface area contributed by atoms with E-state index in [1.165, 1.54) is 24.4 Å². The first kappa shape index (κ1) is 24.9. The Kier molecular flexibility index (Phi) is 8.20. The molecule has 1 aromatic heterocycles. The second-order valence-corrected chi connectivity index (χ2v) is 9.39. The van der Waals surface area contributed by atoms with Crippen LogP contribution in [0.4, 0.5) is 5.69 Å². The molecule has 0 saturated carbocycles. The number of nitrogens with zero attached hydrogens (tertiary/aromatic N) is 2. The highest BCUT2D eigenvalue weighted by molar-refractivity contribution is 7.99. The summed E-state index contributed by atoms with van der Waals surface area (Å²) in [6.07, 6.45) is 3.80. The van der Waals surface area contributed by atoms with Crippen molar-refractivity contribution >= 4 is 40.2 Å². The third-order valence-corrected chi connectivity index (χ3v) is 6.84. The summed E-state index contributed by atoms with van der Waals surface area (Å²) in [7, 11) is 1.30. The molecule has 1 amide bonds. The van der Waals surface area contributed by atoms with Crippen LogP contribution in [-0.2, 0) is 27.2 Å². The molecule has 1 N–H and O–H groups in total. The lowest BCUT2D eigenvalue weighted by atomic mass is 10.1. The summed E-state index contributed by atoms with van der Waals surface area (Å²) in [5.41, 5.74) is 2.42. The molecule has 9 heteroatoms. The predicted molar refractivity (Wildman–Crippen MR) is 136 cm³/mol. The number of thioether (sulfide) groups is 1. The molecule has 1 atom stereocenters. The summed E-state index contributed by atoms with van der Waals surface area (Å²) in [5.74, 6) is -0.619. The number of methoxy groups -OCH3 is 1. The first-order valence-electron chi connectivity index (χ1n) is 11.7. The number of rotatable bonds is 9. The fourth-order valence-corrected chi connectivity index (χ4v) is 4.89. The molecular formula is C26H29N3O5S. The van der Waals surface area contributed by atoms with Crippen molar-refractivity contribution in [3.63, 3.8) is 0 Å². The van der Waals surface area contributed by atoms with Gasteiger partial charge in [-0.1, -0.05) is 37.2 Å². The summed E-state index contributed by atoms with van der Waals surface area (Å²) < 4.78 is 12.1. The Morgan fingerprint density at radius 3 is 2.71 bits per heavy atom. The van der Waals surface area contributed by atoms with Gasteiger partial charge in [0.05, 0.1) is 42.0 Å². The number of hydrogen-bond acceptors (Lipinski definition) is 7. The topological polar surface area (TPSA) is 99.5 Å². The largest absolute Gasteiger partial charge is 0.465 e. The van der Waals surface area contributed by atoms with E-state index in [-0.39, 0.29) is 23.3 Å². The number of fused-ring (bicyclic) bond motifs is 1. The van der Waals surface area contributed by atoms with Gasteiger partial charge in [-0.15, -0.1) is 0 Å². The molecule has 0 radical (unpaired) electrons. The van der Waals surface area contributed by atoms with Crippen LogP contribution < -0.4 is 10.9 Å². The molecule has 0 unspecified atom stereocenters. The van der Waals surface area contributed by atoms with Crippen molar-refractivity contribution in [3.05, 3.63) is 63.9 Å². The maximum atomic E-state index is 13.3. The molecule has 0 bridgehead atoms. The van der Waals surface area contributed by atoms with E-state index in [1.54, 1.807) is 22.8 Å². The van der Waals surface area contributed by atoms with Gasteiger partial charge in [0.1, 0.15) is 0 Å². The smallest absolute Gasteiger partial charge is 0.337 e. The number of esters is 1. The lowest BCUT2D eigenvalue weighted by Crippen LogP contribution is -2.29. The summed E-state index contributed by atoms with van der Waals surface area (Å²) in [4.78, 5) is 42.6. The Morgan fingerprint density at radius 1 is 1.23 bits per heavy atom. The normalized spacial score (nSPS) is 15.3. The second kappa shape index (κ2) is 11.5. The Morgan fingerprint density at radius 2 is 2.03 bits per heavy atom. The standard InChI is InChI=1S/C26H29N3O5S/c1-3-5-17-7-10-19(11-8-17)27-23(30)16-35-26-28-22-14-18(25(32)33-2)9-12-21(22)24(31)29(26)15-20-6-4-13-34-20/h7-12,14,20H,3-6,13,15-16H2,1-2H3,(H,27,30)/t20-/m0/s1. The Hall–Kier alpha value is -3.17. The van der Waals surface area contributed by atoms with E-state index in [0.717, 1.165) is 31.4 Å². The molecule has 35 heavy (non-hydrogen) atoms. The van der Waals surface area contributed by atoms with Crippen LogP contribution in [0.25, 0.3) is 10.9 Å². The number of carbonyl (C=O) groups is 2. The average molecular weight is 496 g/mol. The molecule has 2 heterocycles. The summed E-state index contributed by atoms with van der Waals surface area (Å²) in [5, 5.41) is 3.71. The van der Waals surface area contributed by atoms with Crippen molar-refractivity contribution in [2.45, 2.75) is 50.4 Å². The number of amides is 1. The number of benzene rings is 2.